The van der Waals surface area contributed by atoms with Crippen LogP contribution in [0.1, 0.15) is 25.3 Å². The van der Waals surface area contributed by atoms with Gasteiger partial charge in [-0.2, -0.15) is 0 Å². The van der Waals surface area contributed by atoms with Crippen molar-refractivity contribution < 1.29 is 0 Å². The zero-order chi connectivity index (χ0) is 11.0. The van der Waals surface area contributed by atoms with Crippen molar-refractivity contribution in [2.75, 3.05) is 0 Å². The van der Waals surface area contributed by atoms with Crippen LogP contribution in [0, 0.1) is 0 Å². The van der Waals surface area contributed by atoms with E-state index < -0.39 is 0 Å². The standard InChI is InChI=1S/C9H7B5/c1-3(2)4-5(10)7(12)9(14)8(13)6(4)11/h3H,1-2H3. The monoisotopic (exact) mass is 170 g/mol. The Balaban J connectivity index is 3.60. The van der Waals surface area contributed by atoms with Crippen molar-refractivity contribution in [3.63, 3.8) is 0 Å². The fourth-order valence-corrected chi connectivity index (χ4v) is 1.49. The van der Waals surface area contributed by atoms with Crippen LogP contribution in [0.2, 0.25) is 0 Å². The molecule has 0 fully saturated rings. The van der Waals surface area contributed by atoms with Crippen molar-refractivity contribution in [2.24, 2.45) is 0 Å². The summed E-state index contributed by atoms with van der Waals surface area (Å²) < 4.78 is 0. The molecule has 0 aliphatic heterocycles. The van der Waals surface area contributed by atoms with Crippen LogP contribution in [0.25, 0.3) is 0 Å². The molecule has 0 heterocycles. The summed E-state index contributed by atoms with van der Waals surface area (Å²) in [6, 6.07) is 0. The van der Waals surface area contributed by atoms with E-state index in [0.29, 0.717) is 21.9 Å². The summed E-state index contributed by atoms with van der Waals surface area (Å²) in [7, 11) is 28.7. The first-order valence-corrected chi connectivity index (χ1v) is 4.39. The fraction of sp³-hybridized carbons (Fsp3) is 0.333. The maximum atomic E-state index is 5.81. The highest BCUT2D eigenvalue weighted by molar-refractivity contribution is 6.67. The lowest BCUT2D eigenvalue weighted by atomic mass is 9.59. The Kier molecular flexibility index (Phi) is 3.29. The molecule has 0 nitrogen and oxygen atoms in total. The van der Waals surface area contributed by atoms with Crippen LogP contribution in [0.3, 0.4) is 0 Å². The van der Waals surface area contributed by atoms with E-state index in [9.17, 15) is 0 Å². The van der Waals surface area contributed by atoms with Gasteiger partial charge in [-0.3, -0.25) is 0 Å². The fourth-order valence-electron chi connectivity index (χ4n) is 1.49. The SMILES string of the molecule is [B]c1c([B])c([B])c(C(C)C)c([B])c1[B]. The molecular weight excluding hydrogens is 162 g/mol. The van der Waals surface area contributed by atoms with Crippen molar-refractivity contribution in [1.29, 1.82) is 0 Å². The second-order valence-electron chi connectivity index (χ2n) is 3.64. The van der Waals surface area contributed by atoms with Gasteiger partial charge in [0.1, 0.15) is 39.2 Å². The lowest BCUT2D eigenvalue weighted by molar-refractivity contribution is 0.881. The molecule has 0 unspecified atom stereocenters. The third-order valence-corrected chi connectivity index (χ3v) is 2.32. The van der Waals surface area contributed by atoms with E-state index in [1.54, 1.807) is 0 Å². The predicted octanol–water partition coefficient (Wildman–Crippen LogP) is -3.22. The molecule has 0 atom stereocenters. The van der Waals surface area contributed by atoms with Crippen LogP contribution in [0.15, 0.2) is 0 Å². The van der Waals surface area contributed by atoms with Gasteiger partial charge in [0.15, 0.2) is 0 Å². The van der Waals surface area contributed by atoms with Crippen LogP contribution >= 0.6 is 0 Å². The van der Waals surface area contributed by atoms with Crippen molar-refractivity contribution >= 4 is 66.5 Å². The summed E-state index contributed by atoms with van der Waals surface area (Å²) in [6.07, 6.45) is 0. The molecule has 0 saturated heterocycles. The van der Waals surface area contributed by atoms with Gasteiger partial charge in [-0.05, 0) is 5.92 Å². The topological polar surface area (TPSA) is 0 Å². The van der Waals surface area contributed by atoms with E-state index in [1.807, 2.05) is 13.8 Å². The molecule has 0 saturated carbocycles. The maximum absolute atomic E-state index is 5.81. The second kappa shape index (κ2) is 3.96. The van der Waals surface area contributed by atoms with Crippen LogP contribution in [-0.2, 0) is 0 Å². The molecule has 58 valence electrons. The van der Waals surface area contributed by atoms with E-state index in [2.05, 4.69) is 0 Å². The Morgan fingerprint density at radius 3 is 1.21 bits per heavy atom. The van der Waals surface area contributed by atoms with Gasteiger partial charge in [-0.1, -0.05) is 19.4 Å². The summed E-state index contributed by atoms with van der Waals surface area (Å²) in [5, 5.41) is 0. The van der Waals surface area contributed by atoms with Crippen molar-refractivity contribution in [3.05, 3.63) is 5.56 Å². The number of hydrogen-bond donors (Lipinski definition) is 0. The van der Waals surface area contributed by atoms with E-state index >= 15 is 0 Å². The van der Waals surface area contributed by atoms with Gasteiger partial charge in [0.25, 0.3) is 0 Å². The van der Waals surface area contributed by atoms with Gasteiger partial charge in [0, 0.05) is 0 Å². The van der Waals surface area contributed by atoms with Crippen molar-refractivity contribution in [1.82, 2.24) is 0 Å². The summed E-state index contributed by atoms with van der Waals surface area (Å²) in [5.41, 5.74) is 2.55. The Hall–Kier alpha value is -0.455. The third-order valence-electron chi connectivity index (χ3n) is 2.32. The smallest absolute Gasteiger partial charge is 0.112 e. The molecule has 0 aromatic heterocycles. The van der Waals surface area contributed by atoms with Crippen LogP contribution in [-0.4, -0.2) is 39.2 Å². The Morgan fingerprint density at radius 1 is 0.643 bits per heavy atom. The zero-order valence-corrected chi connectivity index (χ0v) is 8.46. The molecule has 14 heavy (non-hydrogen) atoms. The molecule has 0 amide bonds. The van der Waals surface area contributed by atoms with Crippen LogP contribution < -0.4 is 27.3 Å². The first-order valence-electron chi connectivity index (χ1n) is 4.39. The second-order valence-corrected chi connectivity index (χ2v) is 3.64. The molecule has 0 bridgehead atoms. The van der Waals surface area contributed by atoms with Crippen molar-refractivity contribution in [2.45, 2.75) is 19.8 Å². The zero-order valence-electron chi connectivity index (χ0n) is 8.46. The van der Waals surface area contributed by atoms with Gasteiger partial charge >= 0.3 is 0 Å². The molecule has 0 aliphatic rings. The highest BCUT2D eigenvalue weighted by Crippen LogP contribution is 2.05. The molecule has 0 aliphatic carbocycles. The number of rotatable bonds is 1. The highest BCUT2D eigenvalue weighted by atomic mass is 14.1. The molecule has 10 radical (unpaired) electrons. The average Bonchev–Trinajstić information content (AvgIpc) is 2.11. The summed E-state index contributed by atoms with van der Waals surface area (Å²) >= 11 is 0. The van der Waals surface area contributed by atoms with Crippen LogP contribution in [0.5, 0.6) is 0 Å². The van der Waals surface area contributed by atoms with Crippen LogP contribution in [0.4, 0.5) is 0 Å². The van der Waals surface area contributed by atoms with Gasteiger partial charge < -0.3 is 0 Å². The van der Waals surface area contributed by atoms with Gasteiger partial charge in [-0.15, -0.1) is 27.3 Å². The lowest BCUT2D eigenvalue weighted by Crippen LogP contribution is -2.56. The first kappa shape index (κ1) is 11.6. The number of benzene rings is 1. The predicted molar refractivity (Wildman–Crippen MR) is 67.5 cm³/mol. The molecule has 0 N–H and O–H groups in total. The summed E-state index contributed by atoms with van der Waals surface area (Å²) in [6.45, 7) is 3.94. The molecule has 5 heteroatoms. The molecule has 0 spiro atoms. The molecule has 1 aromatic carbocycles. The molecule has 1 aromatic rings. The Morgan fingerprint density at radius 2 is 0.929 bits per heavy atom. The maximum Gasteiger partial charge on any atom is 0.113 e. The number of hydrogen-bond acceptors (Lipinski definition) is 0. The Labute approximate surface area is 92.3 Å². The first-order chi connectivity index (χ1) is 6.37. The Bertz CT molecular complexity index is 341. The minimum absolute atomic E-state index is 0.167. The van der Waals surface area contributed by atoms with E-state index in [-0.39, 0.29) is 11.4 Å². The largest absolute Gasteiger partial charge is 0.113 e. The minimum atomic E-state index is 0.167. The van der Waals surface area contributed by atoms with Crippen molar-refractivity contribution in [3.8, 4) is 0 Å². The normalized spacial score (nSPS) is 10.8. The van der Waals surface area contributed by atoms with E-state index in [0.717, 1.165) is 5.56 Å². The quantitative estimate of drug-likeness (QED) is 0.388. The highest BCUT2D eigenvalue weighted by Gasteiger charge is 2.12. The molecular formula is C9H7B5. The van der Waals surface area contributed by atoms with Gasteiger partial charge in [0.2, 0.25) is 0 Å². The molecule has 1 rings (SSSR count). The van der Waals surface area contributed by atoms with Gasteiger partial charge in [0.05, 0.1) is 0 Å². The third kappa shape index (κ3) is 1.69. The van der Waals surface area contributed by atoms with E-state index in [1.165, 1.54) is 0 Å². The lowest BCUT2D eigenvalue weighted by Gasteiger charge is -2.23. The summed E-state index contributed by atoms with van der Waals surface area (Å²) in [5.74, 6) is 0.167. The average molecular weight is 169 g/mol. The van der Waals surface area contributed by atoms with Gasteiger partial charge in [-0.25, -0.2) is 0 Å². The summed E-state index contributed by atoms with van der Waals surface area (Å²) in [4.78, 5) is 0. The van der Waals surface area contributed by atoms with E-state index in [4.69, 9.17) is 39.2 Å². The minimum Gasteiger partial charge on any atom is -0.112 e.